The molecule has 0 aliphatic rings. The van der Waals surface area contributed by atoms with E-state index in [0.29, 0.717) is 6.08 Å². The molecule has 10 heteroatoms. The third-order valence-electron chi connectivity index (χ3n) is 4.16. The summed E-state index contributed by atoms with van der Waals surface area (Å²) in [7, 11) is 0. The standard InChI is InChI=1S/C18H9BrF3N3O2S/c1-2-18(21,22)8-6-11(7-3-4-9(19)10(20)5-7)23-16-12(8)13-14(28-16)15(26)25-17(27)24-13/h2-6H,1H2,(H2,24,25,26,27). The van der Waals surface area contributed by atoms with E-state index >= 15 is 0 Å². The van der Waals surface area contributed by atoms with E-state index in [1.165, 1.54) is 12.1 Å². The van der Waals surface area contributed by atoms with Gasteiger partial charge in [0.2, 0.25) is 0 Å². The molecule has 0 amide bonds. The van der Waals surface area contributed by atoms with Crippen LogP contribution in [0.25, 0.3) is 31.7 Å². The van der Waals surface area contributed by atoms with E-state index < -0.39 is 28.6 Å². The first-order valence-corrected chi connectivity index (χ1v) is 9.39. The number of allylic oxidation sites excluding steroid dienone is 1. The van der Waals surface area contributed by atoms with Crippen LogP contribution in [-0.2, 0) is 5.92 Å². The fraction of sp³-hybridized carbons (Fsp3) is 0.0556. The van der Waals surface area contributed by atoms with Crippen molar-refractivity contribution < 1.29 is 13.2 Å². The molecule has 3 heterocycles. The van der Waals surface area contributed by atoms with Crippen LogP contribution in [0.15, 0.2) is 51.0 Å². The number of fused-ring (bicyclic) bond motifs is 3. The first-order valence-electron chi connectivity index (χ1n) is 7.78. The van der Waals surface area contributed by atoms with E-state index in [-0.39, 0.29) is 36.2 Å². The lowest BCUT2D eigenvalue weighted by Crippen LogP contribution is -2.21. The number of alkyl halides is 2. The zero-order chi connectivity index (χ0) is 20.2. The largest absolute Gasteiger partial charge is 0.326 e. The van der Waals surface area contributed by atoms with Crippen LogP contribution in [0.3, 0.4) is 0 Å². The average Bonchev–Trinajstić information content (AvgIpc) is 3.02. The van der Waals surface area contributed by atoms with Gasteiger partial charge in [0.25, 0.3) is 11.5 Å². The minimum absolute atomic E-state index is 0.0219. The number of aromatic amines is 2. The number of rotatable bonds is 3. The third kappa shape index (κ3) is 2.89. The zero-order valence-electron chi connectivity index (χ0n) is 13.8. The number of thiophene rings is 1. The van der Waals surface area contributed by atoms with Gasteiger partial charge in [0.05, 0.1) is 15.7 Å². The van der Waals surface area contributed by atoms with Crippen LogP contribution in [0.4, 0.5) is 13.2 Å². The molecule has 0 saturated heterocycles. The fourth-order valence-electron chi connectivity index (χ4n) is 2.86. The highest BCUT2D eigenvalue weighted by Gasteiger charge is 2.32. The molecule has 0 aliphatic carbocycles. The van der Waals surface area contributed by atoms with Gasteiger partial charge >= 0.3 is 5.69 Å². The Labute approximate surface area is 166 Å². The molecular weight excluding hydrogens is 459 g/mol. The van der Waals surface area contributed by atoms with Gasteiger partial charge in [-0.25, -0.2) is 14.2 Å². The Morgan fingerprint density at radius 1 is 1.21 bits per heavy atom. The molecule has 28 heavy (non-hydrogen) atoms. The molecule has 0 aliphatic heterocycles. The molecule has 0 unspecified atom stereocenters. The Hall–Kier alpha value is -2.72. The molecule has 5 nitrogen and oxygen atoms in total. The molecule has 142 valence electrons. The van der Waals surface area contributed by atoms with Crippen LogP contribution in [0.2, 0.25) is 0 Å². The quantitative estimate of drug-likeness (QED) is 0.429. The molecule has 0 saturated carbocycles. The number of benzene rings is 1. The molecule has 2 N–H and O–H groups in total. The van der Waals surface area contributed by atoms with Gasteiger partial charge in [0, 0.05) is 16.5 Å². The van der Waals surface area contributed by atoms with Crippen molar-refractivity contribution in [3.8, 4) is 11.3 Å². The van der Waals surface area contributed by atoms with E-state index in [1.807, 2.05) is 0 Å². The van der Waals surface area contributed by atoms with E-state index in [9.17, 15) is 22.8 Å². The highest BCUT2D eigenvalue weighted by atomic mass is 79.9. The summed E-state index contributed by atoms with van der Waals surface area (Å²) in [6.07, 6.45) is 0.461. The molecule has 1 aromatic carbocycles. The van der Waals surface area contributed by atoms with Gasteiger partial charge in [-0.1, -0.05) is 12.6 Å². The van der Waals surface area contributed by atoms with Gasteiger partial charge in [0.15, 0.2) is 0 Å². The molecule has 3 aromatic heterocycles. The number of halogens is 4. The summed E-state index contributed by atoms with van der Waals surface area (Å²) in [6.45, 7) is 3.17. The number of hydrogen-bond donors (Lipinski definition) is 2. The van der Waals surface area contributed by atoms with E-state index in [2.05, 4.69) is 37.5 Å². The Bertz CT molecular complexity index is 1390. The van der Waals surface area contributed by atoms with Crippen LogP contribution >= 0.6 is 27.3 Å². The predicted molar refractivity (Wildman–Crippen MR) is 106 cm³/mol. The first-order chi connectivity index (χ1) is 13.2. The van der Waals surface area contributed by atoms with Gasteiger partial charge in [-0.2, -0.15) is 8.78 Å². The fourth-order valence-corrected chi connectivity index (χ4v) is 4.16. The second kappa shape index (κ2) is 6.42. The SMILES string of the molecule is C=CC(F)(F)c1cc(-c2ccc(Br)c(F)c2)nc2sc3c(=O)[nH]c(=O)[nH]c3c12. The molecule has 0 bridgehead atoms. The Morgan fingerprint density at radius 3 is 2.64 bits per heavy atom. The number of nitrogens with one attached hydrogen (secondary N) is 2. The van der Waals surface area contributed by atoms with Crippen molar-refractivity contribution in [2.75, 3.05) is 0 Å². The number of H-pyrrole nitrogens is 2. The lowest BCUT2D eigenvalue weighted by molar-refractivity contribution is 0.0543. The van der Waals surface area contributed by atoms with Gasteiger partial charge in [-0.15, -0.1) is 11.3 Å². The second-order valence-corrected chi connectivity index (χ2v) is 7.76. The summed E-state index contributed by atoms with van der Waals surface area (Å²) in [5.74, 6) is -4.05. The molecule has 0 fully saturated rings. The maximum absolute atomic E-state index is 14.7. The van der Waals surface area contributed by atoms with Crippen LogP contribution in [0.1, 0.15) is 5.56 Å². The van der Waals surface area contributed by atoms with Crippen molar-refractivity contribution in [1.29, 1.82) is 0 Å². The number of aromatic nitrogens is 3. The third-order valence-corrected chi connectivity index (χ3v) is 5.89. The van der Waals surface area contributed by atoms with Crippen molar-refractivity contribution in [1.82, 2.24) is 15.0 Å². The van der Waals surface area contributed by atoms with Crippen LogP contribution in [0, 0.1) is 5.82 Å². The van der Waals surface area contributed by atoms with Crippen molar-refractivity contribution in [3.05, 3.63) is 73.6 Å². The second-order valence-electron chi connectivity index (χ2n) is 5.91. The monoisotopic (exact) mass is 467 g/mol. The van der Waals surface area contributed by atoms with E-state index in [0.717, 1.165) is 23.5 Å². The van der Waals surface area contributed by atoms with Crippen LogP contribution in [0.5, 0.6) is 0 Å². The number of hydrogen-bond acceptors (Lipinski definition) is 4. The smallest absolute Gasteiger partial charge is 0.305 e. The van der Waals surface area contributed by atoms with Crippen molar-refractivity contribution in [2.45, 2.75) is 5.92 Å². The number of nitrogens with zero attached hydrogens (tertiary/aromatic N) is 1. The Balaban J connectivity index is 2.16. The zero-order valence-corrected chi connectivity index (χ0v) is 16.2. The van der Waals surface area contributed by atoms with Crippen LogP contribution in [-0.4, -0.2) is 15.0 Å². The highest BCUT2D eigenvalue weighted by molar-refractivity contribution is 9.10. The molecule has 4 aromatic rings. The van der Waals surface area contributed by atoms with Crippen molar-refractivity contribution in [3.63, 3.8) is 0 Å². The predicted octanol–water partition coefficient (Wildman–Crippen LogP) is 4.67. The highest BCUT2D eigenvalue weighted by Crippen LogP contribution is 2.41. The van der Waals surface area contributed by atoms with Gasteiger partial charge in [-0.3, -0.25) is 9.78 Å². The summed E-state index contributed by atoms with van der Waals surface area (Å²) in [5.41, 5.74) is -1.65. The molecule has 4 rings (SSSR count). The first kappa shape index (κ1) is 18.6. The minimum atomic E-state index is -3.47. The summed E-state index contributed by atoms with van der Waals surface area (Å²) in [5, 5.41) is -0.0468. The lowest BCUT2D eigenvalue weighted by atomic mass is 10.0. The lowest BCUT2D eigenvalue weighted by Gasteiger charge is -2.15. The Morgan fingerprint density at radius 2 is 1.96 bits per heavy atom. The summed E-state index contributed by atoms with van der Waals surface area (Å²) in [4.78, 5) is 32.6. The summed E-state index contributed by atoms with van der Waals surface area (Å²) < 4.78 is 43.5. The summed E-state index contributed by atoms with van der Waals surface area (Å²) >= 11 is 3.90. The van der Waals surface area contributed by atoms with Gasteiger partial charge in [0.1, 0.15) is 15.3 Å². The van der Waals surface area contributed by atoms with Crippen molar-refractivity contribution in [2.24, 2.45) is 0 Å². The maximum Gasteiger partial charge on any atom is 0.326 e. The molecule has 0 atom stereocenters. The topological polar surface area (TPSA) is 78.6 Å². The number of pyridine rings is 1. The average molecular weight is 468 g/mol. The molecular formula is C18H9BrF3N3O2S. The van der Waals surface area contributed by atoms with E-state index in [4.69, 9.17) is 0 Å². The summed E-state index contributed by atoms with van der Waals surface area (Å²) in [6, 6.07) is 5.24. The minimum Gasteiger partial charge on any atom is -0.305 e. The maximum atomic E-state index is 14.7. The Kier molecular flexibility index (Phi) is 4.27. The van der Waals surface area contributed by atoms with Crippen molar-refractivity contribution >= 4 is 47.7 Å². The molecule has 0 radical (unpaired) electrons. The van der Waals surface area contributed by atoms with E-state index in [1.54, 1.807) is 0 Å². The van der Waals surface area contributed by atoms with Crippen LogP contribution < -0.4 is 11.2 Å². The normalized spacial score (nSPS) is 12.0. The van der Waals surface area contributed by atoms with Gasteiger partial charge < -0.3 is 4.98 Å². The van der Waals surface area contributed by atoms with Gasteiger partial charge in [-0.05, 0) is 40.2 Å². The molecule has 0 spiro atoms.